The first-order chi connectivity index (χ1) is 4.34. The van der Waals surface area contributed by atoms with Gasteiger partial charge in [0.1, 0.15) is 0 Å². The zero-order valence-electron chi connectivity index (χ0n) is 6.19. The van der Waals surface area contributed by atoms with Gasteiger partial charge in [0.25, 0.3) is 0 Å². The van der Waals surface area contributed by atoms with Crippen molar-refractivity contribution in [2.75, 3.05) is 6.54 Å². The summed E-state index contributed by atoms with van der Waals surface area (Å²) in [7, 11) is 0. The Labute approximate surface area is 57.8 Å². The minimum absolute atomic E-state index is 0.532. The Bertz CT molecular complexity index is 80.6. The molecule has 0 aliphatic carbocycles. The van der Waals surface area contributed by atoms with Gasteiger partial charge in [-0.05, 0) is 32.2 Å². The summed E-state index contributed by atoms with van der Waals surface area (Å²) in [6, 6.07) is 0.532. The molecule has 1 saturated heterocycles. The van der Waals surface area contributed by atoms with E-state index in [9.17, 15) is 0 Å². The van der Waals surface area contributed by atoms with Crippen LogP contribution in [0.4, 0.5) is 0 Å². The molecule has 0 aromatic rings. The van der Waals surface area contributed by atoms with Crippen LogP contribution in [0.15, 0.2) is 0 Å². The molecular weight excluding hydrogens is 110 g/mol. The van der Waals surface area contributed by atoms with Crippen molar-refractivity contribution >= 4 is 0 Å². The van der Waals surface area contributed by atoms with Crippen LogP contribution in [0.3, 0.4) is 0 Å². The van der Waals surface area contributed by atoms with E-state index in [0.717, 1.165) is 5.92 Å². The Morgan fingerprint density at radius 1 is 1.67 bits per heavy atom. The van der Waals surface area contributed by atoms with E-state index in [1.165, 1.54) is 25.8 Å². The molecule has 0 aromatic carbocycles. The molecule has 1 heteroatoms. The quantitative estimate of drug-likeness (QED) is 0.592. The molecule has 9 heavy (non-hydrogen) atoms. The highest BCUT2D eigenvalue weighted by Gasteiger charge is 2.20. The third-order valence-electron chi connectivity index (χ3n) is 2.15. The van der Waals surface area contributed by atoms with Crippen molar-refractivity contribution in [1.82, 2.24) is 5.32 Å². The minimum atomic E-state index is 0.532. The van der Waals surface area contributed by atoms with E-state index in [1.807, 2.05) is 0 Å². The summed E-state index contributed by atoms with van der Waals surface area (Å²) in [5, 5.41) is 3.34. The highest BCUT2D eigenvalue weighted by Crippen LogP contribution is 2.19. The van der Waals surface area contributed by atoms with Crippen LogP contribution in [0, 0.1) is 12.8 Å². The van der Waals surface area contributed by atoms with Crippen molar-refractivity contribution in [1.29, 1.82) is 0 Å². The normalized spacial score (nSPS) is 35.3. The molecular formula is C8H16N. The molecule has 53 valence electrons. The van der Waals surface area contributed by atoms with Gasteiger partial charge in [-0.15, -0.1) is 0 Å². The standard InChI is InChI=1S/C8H16N/c1-3-4-8-5-6-9-7(8)2/h7-9H,2-6H2,1H3. The zero-order chi connectivity index (χ0) is 6.69. The van der Waals surface area contributed by atoms with E-state index in [4.69, 9.17) is 0 Å². The molecule has 0 bridgehead atoms. The first-order valence-corrected chi connectivity index (χ1v) is 3.91. The number of nitrogens with one attached hydrogen (secondary N) is 1. The summed E-state index contributed by atoms with van der Waals surface area (Å²) < 4.78 is 0. The third kappa shape index (κ3) is 1.68. The van der Waals surface area contributed by atoms with Gasteiger partial charge in [-0.25, -0.2) is 0 Å². The highest BCUT2D eigenvalue weighted by molar-refractivity contribution is 4.84. The van der Waals surface area contributed by atoms with Crippen LogP contribution in [-0.4, -0.2) is 12.6 Å². The highest BCUT2D eigenvalue weighted by atomic mass is 14.9. The SMILES string of the molecule is [CH2]C1NCCC1CCC. The third-order valence-corrected chi connectivity index (χ3v) is 2.15. The number of rotatable bonds is 2. The minimum Gasteiger partial charge on any atom is -0.314 e. The van der Waals surface area contributed by atoms with E-state index in [1.54, 1.807) is 0 Å². The average Bonchev–Trinajstić information content (AvgIpc) is 2.18. The van der Waals surface area contributed by atoms with Crippen LogP contribution in [0.2, 0.25) is 0 Å². The second-order valence-corrected chi connectivity index (χ2v) is 2.90. The van der Waals surface area contributed by atoms with Gasteiger partial charge in [-0.3, -0.25) is 0 Å². The maximum Gasteiger partial charge on any atom is 0.00963 e. The monoisotopic (exact) mass is 126 g/mol. The fourth-order valence-electron chi connectivity index (χ4n) is 1.54. The number of hydrogen-bond acceptors (Lipinski definition) is 1. The maximum atomic E-state index is 4.03. The van der Waals surface area contributed by atoms with Gasteiger partial charge in [0.15, 0.2) is 0 Å². The van der Waals surface area contributed by atoms with Gasteiger partial charge in [-0.1, -0.05) is 13.3 Å². The average molecular weight is 126 g/mol. The zero-order valence-corrected chi connectivity index (χ0v) is 6.19. The lowest BCUT2D eigenvalue weighted by molar-refractivity contribution is 0.466. The first-order valence-electron chi connectivity index (χ1n) is 3.91. The molecule has 1 aliphatic heterocycles. The van der Waals surface area contributed by atoms with Gasteiger partial charge in [0, 0.05) is 6.04 Å². The van der Waals surface area contributed by atoms with Crippen LogP contribution in [-0.2, 0) is 0 Å². The fraction of sp³-hybridized carbons (Fsp3) is 0.875. The van der Waals surface area contributed by atoms with Crippen molar-refractivity contribution in [2.45, 2.75) is 32.2 Å². The van der Waals surface area contributed by atoms with E-state index in [0.29, 0.717) is 6.04 Å². The van der Waals surface area contributed by atoms with Crippen molar-refractivity contribution in [3.63, 3.8) is 0 Å². The van der Waals surface area contributed by atoms with Gasteiger partial charge >= 0.3 is 0 Å². The van der Waals surface area contributed by atoms with Crippen molar-refractivity contribution in [3.05, 3.63) is 6.92 Å². The van der Waals surface area contributed by atoms with Crippen LogP contribution in [0.25, 0.3) is 0 Å². The number of hydrogen-bond donors (Lipinski definition) is 1. The van der Waals surface area contributed by atoms with E-state index < -0.39 is 0 Å². The Morgan fingerprint density at radius 2 is 2.44 bits per heavy atom. The molecule has 0 amide bonds. The van der Waals surface area contributed by atoms with Gasteiger partial charge in [0.2, 0.25) is 0 Å². The first kappa shape index (κ1) is 7.07. The van der Waals surface area contributed by atoms with Crippen LogP contribution in [0.1, 0.15) is 26.2 Å². The van der Waals surface area contributed by atoms with Crippen LogP contribution >= 0.6 is 0 Å². The molecule has 0 spiro atoms. The largest absolute Gasteiger partial charge is 0.314 e. The Balaban J connectivity index is 2.22. The Kier molecular flexibility index (Phi) is 2.52. The smallest absolute Gasteiger partial charge is 0.00963 e. The summed E-state index contributed by atoms with van der Waals surface area (Å²) in [6.07, 6.45) is 3.99. The molecule has 1 rings (SSSR count). The summed E-state index contributed by atoms with van der Waals surface area (Å²) >= 11 is 0. The Hall–Kier alpha value is -0.0400. The molecule has 1 heterocycles. The van der Waals surface area contributed by atoms with E-state index >= 15 is 0 Å². The lowest BCUT2D eigenvalue weighted by Gasteiger charge is -2.12. The van der Waals surface area contributed by atoms with Gasteiger partial charge in [-0.2, -0.15) is 0 Å². The molecule has 0 saturated carbocycles. The maximum absolute atomic E-state index is 4.03. The van der Waals surface area contributed by atoms with Gasteiger partial charge in [0.05, 0.1) is 0 Å². The second kappa shape index (κ2) is 3.21. The molecule has 1 aliphatic rings. The summed E-state index contributed by atoms with van der Waals surface area (Å²) in [6.45, 7) is 7.45. The van der Waals surface area contributed by atoms with Gasteiger partial charge < -0.3 is 5.32 Å². The van der Waals surface area contributed by atoms with Crippen LogP contribution in [0.5, 0.6) is 0 Å². The predicted octanol–water partition coefficient (Wildman–Crippen LogP) is 1.60. The molecule has 2 unspecified atom stereocenters. The predicted molar refractivity (Wildman–Crippen MR) is 40.2 cm³/mol. The lowest BCUT2D eigenvalue weighted by Crippen LogP contribution is -2.22. The molecule has 1 nitrogen and oxygen atoms in total. The molecule has 0 aromatic heterocycles. The van der Waals surface area contributed by atoms with Crippen LogP contribution < -0.4 is 5.32 Å². The Morgan fingerprint density at radius 3 is 2.89 bits per heavy atom. The van der Waals surface area contributed by atoms with Crippen molar-refractivity contribution < 1.29 is 0 Å². The van der Waals surface area contributed by atoms with E-state index in [2.05, 4.69) is 19.2 Å². The molecule has 1 fully saturated rings. The summed E-state index contributed by atoms with van der Waals surface area (Å²) in [4.78, 5) is 0. The summed E-state index contributed by atoms with van der Waals surface area (Å²) in [5.74, 6) is 0.856. The molecule has 1 N–H and O–H groups in total. The fourth-order valence-corrected chi connectivity index (χ4v) is 1.54. The topological polar surface area (TPSA) is 12.0 Å². The summed E-state index contributed by atoms with van der Waals surface area (Å²) in [5.41, 5.74) is 0. The second-order valence-electron chi connectivity index (χ2n) is 2.90. The molecule has 2 atom stereocenters. The lowest BCUT2D eigenvalue weighted by atomic mass is 9.97. The van der Waals surface area contributed by atoms with Crippen molar-refractivity contribution in [3.8, 4) is 0 Å². The van der Waals surface area contributed by atoms with Crippen molar-refractivity contribution in [2.24, 2.45) is 5.92 Å². The van der Waals surface area contributed by atoms with E-state index in [-0.39, 0.29) is 0 Å². The molecule has 1 radical (unpaired) electrons.